The second-order valence-corrected chi connectivity index (χ2v) is 6.00. The third-order valence-electron chi connectivity index (χ3n) is 3.82. The van der Waals surface area contributed by atoms with Gasteiger partial charge in [-0.25, -0.2) is 4.39 Å². The summed E-state index contributed by atoms with van der Waals surface area (Å²) in [6, 6.07) is 5.71. The Bertz CT molecular complexity index is 490. The van der Waals surface area contributed by atoms with Crippen molar-refractivity contribution in [1.29, 1.82) is 0 Å². The van der Waals surface area contributed by atoms with Crippen LogP contribution in [0.5, 0.6) is 0 Å². The molecule has 1 aromatic rings. The van der Waals surface area contributed by atoms with E-state index in [-0.39, 0.29) is 29.9 Å². The average molecular weight is 294 g/mol. The lowest BCUT2D eigenvalue weighted by molar-refractivity contribution is -0.147. The van der Waals surface area contributed by atoms with Crippen LogP contribution in [-0.4, -0.2) is 36.0 Å². The van der Waals surface area contributed by atoms with Crippen LogP contribution in [-0.2, 0) is 9.53 Å². The molecule has 1 saturated heterocycles. The zero-order valence-electron chi connectivity index (χ0n) is 12.8. The highest BCUT2D eigenvalue weighted by Crippen LogP contribution is 2.26. The number of hydrogen-bond acceptors (Lipinski definition) is 3. The number of nitrogens with two attached hydrogens (primary N) is 1. The van der Waals surface area contributed by atoms with Crippen LogP contribution in [0.25, 0.3) is 0 Å². The van der Waals surface area contributed by atoms with Gasteiger partial charge in [0.2, 0.25) is 5.91 Å². The molecular weight excluding hydrogens is 271 g/mol. The summed E-state index contributed by atoms with van der Waals surface area (Å²) in [5, 5.41) is 0. The molecule has 1 fully saturated rings. The Morgan fingerprint density at radius 2 is 1.95 bits per heavy atom. The van der Waals surface area contributed by atoms with Gasteiger partial charge in [-0.3, -0.25) is 4.79 Å². The van der Waals surface area contributed by atoms with Gasteiger partial charge in [0, 0.05) is 6.54 Å². The highest BCUT2D eigenvalue weighted by molar-refractivity contribution is 5.82. The molecule has 0 spiro atoms. The van der Waals surface area contributed by atoms with Crippen LogP contribution in [0.4, 0.5) is 4.39 Å². The molecule has 5 heteroatoms. The molecule has 3 atom stereocenters. The van der Waals surface area contributed by atoms with E-state index >= 15 is 0 Å². The zero-order valence-corrected chi connectivity index (χ0v) is 12.8. The molecule has 0 saturated carbocycles. The van der Waals surface area contributed by atoms with E-state index in [4.69, 9.17) is 10.5 Å². The largest absolute Gasteiger partial charge is 0.367 e. The predicted octanol–water partition coefficient (Wildman–Crippen LogP) is 2.10. The lowest BCUT2D eigenvalue weighted by Crippen LogP contribution is -2.53. The number of hydrogen-bond donors (Lipinski definition) is 1. The first kappa shape index (κ1) is 15.9. The van der Waals surface area contributed by atoms with E-state index in [2.05, 4.69) is 0 Å². The number of ether oxygens (including phenoxy) is 1. The second-order valence-electron chi connectivity index (χ2n) is 6.00. The Hall–Kier alpha value is -1.46. The molecule has 4 nitrogen and oxygen atoms in total. The topological polar surface area (TPSA) is 55.6 Å². The van der Waals surface area contributed by atoms with Gasteiger partial charge in [0.25, 0.3) is 0 Å². The summed E-state index contributed by atoms with van der Waals surface area (Å²) in [7, 11) is 0. The van der Waals surface area contributed by atoms with Crippen LogP contribution in [0.15, 0.2) is 24.3 Å². The van der Waals surface area contributed by atoms with E-state index in [1.54, 1.807) is 17.0 Å². The molecule has 2 rings (SSSR count). The van der Waals surface area contributed by atoms with E-state index in [0.29, 0.717) is 13.1 Å². The summed E-state index contributed by atoms with van der Waals surface area (Å²) in [6.45, 7) is 6.79. The third-order valence-corrected chi connectivity index (χ3v) is 3.82. The molecule has 1 aliphatic heterocycles. The molecule has 0 bridgehead atoms. The fourth-order valence-electron chi connectivity index (χ4n) is 2.49. The minimum absolute atomic E-state index is 0.0488. The van der Waals surface area contributed by atoms with Gasteiger partial charge in [-0.1, -0.05) is 26.0 Å². The van der Waals surface area contributed by atoms with E-state index in [9.17, 15) is 9.18 Å². The zero-order chi connectivity index (χ0) is 15.6. The van der Waals surface area contributed by atoms with Crippen LogP contribution in [0.2, 0.25) is 0 Å². The molecule has 0 radical (unpaired) electrons. The number of carbonyl (C=O) groups excluding carboxylic acids is 1. The number of nitrogens with zero attached hydrogens (tertiary/aromatic N) is 1. The van der Waals surface area contributed by atoms with Crippen molar-refractivity contribution in [1.82, 2.24) is 4.90 Å². The predicted molar refractivity (Wildman–Crippen MR) is 79.1 cm³/mol. The first-order chi connectivity index (χ1) is 9.88. The summed E-state index contributed by atoms with van der Waals surface area (Å²) in [6.07, 6.45) is -0.310. The van der Waals surface area contributed by atoms with Crippen molar-refractivity contribution in [3.05, 3.63) is 35.6 Å². The molecule has 0 aliphatic carbocycles. The maximum atomic E-state index is 13.0. The molecular formula is C16H23FN2O2. The Morgan fingerprint density at radius 1 is 1.33 bits per heavy atom. The average Bonchev–Trinajstić information content (AvgIpc) is 2.45. The van der Waals surface area contributed by atoms with Crippen molar-refractivity contribution in [3.63, 3.8) is 0 Å². The number of halogens is 1. The molecule has 1 amide bonds. The molecule has 2 unspecified atom stereocenters. The van der Waals surface area contributed by atoms with Crippen molar-refractivity contribution in [2.24, 2.45) is 11.7 Å². The van der Waals surface area contributed by atoms with Gasteiger partial charge in [0.1, 0.15) is 11.9 Å². The fraction of sp³-hybridized carbons (Fsp3) is 0.562. The molecule has 1 aromatic carbocycles. The smallest absolute Gasteiger partial charge is 0.239 e. The number of benzene rings is 1. The van der Waals surface area contributed by atoms with Crippen molar-refractivity contribution in [2.75, 3.05) is 13.1 Å². The Morgan fingerprint density at radius 3 is 2.52 bits per heavy atom. The molecule has 0 aromatic heterocycles. The second kappa shape index (κ2) is 6.54. The van der Waals surface area contributed by atoms with Gasteiger partial charge < -0.3 is 15.4 Å². The summed E-state index contributed by atoms with van der Waals surface area (Å²) < 4.78 is 18.9. The highest BCUT2D eigenvalue weighted by Gasteiger charge is 2.32. The highest BCUT2D eigenvalue weighted by atomic mass is 19.1. The standard InChI is InChI=1S/C16H23FN2O2/c1-10(2)15(18)16(20)19-8-11(3)21-14(9-19)12-4-6-13(17)7-5-12/h4-7,10-11,14-15H,8-9,18H2,1-3H3/t11?,14?,15-/m0/s1. The van der Waals surface area contributed by atoms with E-state index in [1.165, 1.54) is 12.1 Å². The minimum atomic E-state index is -0.496. The summed E-state index contributed by atoms with van der Waals surface area (Å²) in [5.74, 6) is -0.232. The van der Waals surface area contributed by atoms with Crippen LogP contribution in [0.1, 0.15) is 32.4 Å². The van der Waals surface area contributed by atoms with Gasteiger partial charge >= 0.3 is 0 Å². The molecule has 1 aliphatic rings. The fourth-order valence-corrected chi connectivity index (χ4v) is 2.49. The first-order valence-corrected chi connectivity index (χ1v) is 7.33. The van der Waals surface area contributed by atoms with Gasteiger partial charge in [-0.2, -0.15) is 0 Å². The van der Waals surface area contributed by atoms with Gasteiger partial charge in [0.15, 0.2) is 0 Å². The van der Waals surface area contributed by atoms with Gasteiger partial charge in [-0.15, -0.1) is 0 Å². The lowest BCUT2D eigenvalue weighted by atomic mass is 10.0. The minimum Gasteiger partial charge on any atom is -0.367 e. The molecule has 2 N–H and O–H groups in total. The summed E-state index contributed by atoms with van der Waals surface area (Å²) in [4.78, 5) is 14.2. The normalized spacial score (nSPS) is 24.2. The third kappa shape index (κ3) is 3.80. The molecule has 1 heterocycles. The Labute approximate surface area is 125 Å². The Balaban J connectivity index is 2.12. The molecule has 116 valence electrons. The van der Waals surface area contributed by atoms with Crippen LogP contribution < -0.4 is 5.73 Å². The number of carbonyl (C=O) groups is 1. The van der Waals surface area contributed by atoms with E-state index < -0.39 is 6.04 Å². The van der Waals surface area contributed by atoms with Crippen LogP contribution >= 0.6 is 0 Å². The summed E-state index contributed by atoms with van der Waals surface area (Å²) in [5.41, 5.74) is 6.83. The lowest BCUT2D eigenvalue weighted by Gasteiger charge is -2.38. The number of rotatable bonds is 3. The monoisotopic (exact) mass is 294 g/mol. The Kier molecular flexibility index (Phi) is 4.96. The molecule has 21 heavy (non-hydrogen) atoms. The van der Waals surface area contributed by atoms with Crippen molar-refractivity contribution in [2.45, 2.75) is 39.0 Å². The van der Waals surface area contributed by atoms with Crippen molar-refractivity contribution >= 4 is 5.91 Å². The summed E-state index contributed by atoms with van der Waals surface area (Å²) >= 11 is 0. The van der Waals surface area contributed by atoms with E-state index in [1.807, 2.05) is 20.8 Å². The first-order valence-electron chi connectivity index (χ1n) is 7.33. The maximum absolute atomic E-state index is 13.0. The van der Waals surface area contributed by atoms with Crippen LogP contribution in [0.3, 0.4) is 0 Å². The quantitative estimate of drug-likeness (QED) is 0.929. The van der Waals surface area contributed by atoms with E-state index in [0.717, 1.165) is 5.56 Å². The number of amides is 1. The van der Waals surface area contributed by atoms with Crippen molar-refractivity contribution in [3.8, 4) is 0 Å². The maximum Gasteiger partial charge on any atom is 0.239 e. The SMILES string of the molecule is CC1CN(C(=O)[C@@H](N)C(C)C)CC(c2ccc(F)cc2)O1. The van der Waals surface area contributed by atoms with Crippen LogP contribution in [0, 0.1) is 11.7 Å². The van der Waals surface area contributed by atoms with Crippen molar-refractivity contribution < 1.29 is 13.9 Å². The van der Waals surface area contributed by atoms with Gasteiger partial charge in [0.05, 0.1) is 18.7 Å². The van der Waals surface area contributed by atoms with Gasteiger partial charge in [-0.05, 0) is 30.5 Å². The number of morpholine rings is 1.